The van der Waals surface area contributed by atoms with Gasteiger partial charge in [0, 0.05) is 19.8 Å². The summed E-state index contributed by atoms with van der Waals surface area (Å²) in [6, 6.07) is 0.863. The van der Waals surface area contributed by atoms with Crippen LogP contribution in [-0.4, -0.2) is 22.3 Å². The molecule has 0 radical (unpaired) electrons. The van der Waals surface area contributed by atoms with Gasteiger partial charge in [0.05, 0.1) is 0 Å². The molecule has 78 valence electrons. The molecular formula is C10H22O2Si. The summed E-state index contributed by atoms with van der Waals surface area (Å²) < 4.78 is 11.2. The lowest BCUT2D eigenvalue weighted by Crippen LogP contribution is -2.37. The Morgan fingerprint density at radius 1 is 1.46 bits per heavy atom. The summed E-state index contributed by atoms with van der Waals surface area (Å²) in [5.41, 5.74) is 0. The van der Waals surface area contributed by atoms with Crippen molar-refractivity contribution in [1.82, 2.24) is 0 Å². The van der Waals surface area contributed by atoms with Crippen LogP contribution in [0.2, 0.25) is 12.6 Å². The van der Waals surface area contributed by atoms with E-state index in [1.165, 1.54) is 0 Å². The van der Waals surface area contributed by atoms with Gasteiger partial charge in [0.25, 0.3) is 0 Å². The molecule has 0 aliphatic rings. The molecule has 0 amide bonds. The summed E-state index contributed by atoms with van der Waals surface area (Å²) in [6.07, 6.45) is 2.98. The molecule has 1 atom stereocenters. The van der Waals surface area contributed by atoms with Gasteiger partial charge in [-0.1, -0.05) is 19.9 Å². The highest BCUT2D eigenvalue weighted by Crippen LogP contribution is 2.14. The minimum Gasteiger partial charge on any atom is -0.398 e. The fourth-order valence-corrected chi connectivity index (χ4v) is 2.45. The van der Waals surface area contributed by atoms with Crippen LogP contribution in [0.15, 0.2) is 12.7 Å². The normalized spacial score (nSPS) is 15.8. The van der Waals surface area contributed by atoms with E-state index in [2.05, 4.69) is 27.0 Å². The summed E-state index contributed by atoms with van der Waals surface area (Å²) in [5, 5.41) is 0. The molecule has 0 saturated heterocycles. The molecule has 13 heavy (non-hydrogen) atoms. The van der Waals surface area contributed by atoms with Crippen LogP contribution < -0.4 is 0 Å². The monoisotopic (exact) mass is 202 g/mol. The summed E-state index contributed by atoms with van der Waals surface area (Å²) in [4.78, 5) is 0. The number of hydrogen-bond donors (Lipinski definition) is 0. The molecule has 1 unspecified atom stereocenters. The third-order valence-electron chi connectivity index (χ3n) is 2.05. The Kier molecular flexibility index (Phi) is 6.29. The van der Waals surface area contributed by atoms with Crippen molar-refractivity contribution in [2.45, 2.75) is 32.9 Å². The molecule has 0 aromatic heterocycles. The second-order valence-electron chi connectivity index (χ2n) is 3.86. The van der Waals surface area contributed by atoms with E-state index >= 15 is 0 Å². The largest absolute Gasteiger partial charge is 0.398 e. The van der Waals surface area contributed by atoms with Crippen LogP contribution in [-0.2, 0) is 8.85 Å². The van der Waals surface area contributed by atoms with E-state index in [9.17, 15) is 0 Å². The first-order valence-electron chi connectivity index (χ1n) is 4.84. The van der Waals surface area contributed by atoms with Crippen molar-refractivity contribution in [3.63, 3.8) is 0 Å². The Morgan fingerprint density at radius 3 is 2.46 bits per heavy atom. The van der Waals surface area contributed by atoms with E-state index in [4.69, 9.17) is 8.85 Å². The zero-order valence-corrected chi connectivity index (χ0v) is 10.3. The van der Waals surface area contributed by atoms with E-state index < -0.39 is 8.56 Å². The molecule has 0 saturated carbocycles. The summed E-state index contributed by atoms with van der Waals surface area (Å²) >= 11 is 0. The molecule has 0 spiro atoms. The molecule has 0 rings (SSSR count). The molecule has 0 aromatic carbocycles. The minimum absolute atomic E-state index is 0.693. The van der Waals surface area contributed by atoms with Crippen molar-refractivity contribution in [1.29, 1.82) is 0 Å². The van der Waals surface area contributed by atoms with Gasteiger partial charge in [-0.05, 0) is 18.9 Å². The van der Waals surface area contributed by atoms with Gasteiger partial charge in [0.1, 0.15) is 0 Å². The van der Waals surface area contributed by atoms with Crippen LogP contribution in [0, 0.1) is 5.92 Å². The van der Waals surface area contributed by atoms with Gasteiger partial charge in [0.15, 0.2) is 0 Å². The SMILES string of the molecule is C=CC[Si](C)(OC)OCCC(C)C. The predicted molar refractivity (Wildman–Crippen MR) is 59.0 cm³/mol. The first-order valence-corrected chi connectivity index (χ1v) is 7.36. The Morgan fingerprint density at radius 2 is 2.08 bits per heavy atom. The highest BCUT2D eigenvalue weighted by Gasteiger charge is 2.28. The van der Waals surface area contributed by atoms with Crippen molar-refractivity contribution in [2.75, 3.05) is 13.7 Å². The van der Waals surface area contributed by atoms with Gasteiger partial charge in [-0.15, -0.1) is 6.58 Å². The second-order valence-corrected chi connectivity index (χ2v) is 7.23. The standard InChI is InChI=1S/C10H22O2Si/c1-6-9-13(5,11-4)12-8-7-10(2)3/h6,10H,1,7-9H2,2-5H3. The molecule has 0 aliphatic carbocycles. The van der Waals surface area contributed by atoms with E-state index in [1.54, 1.807) is 7.11 Å². The zero-order valence-electron chi connectivity index (χ0n) is 9.30. The average Bonchev–Trinajstić information content (AvgIpc) is 2.04. The molecule has 0 bridgehead atoms. The van der Waals surface area contributed by atoms with Gasteiger partial charge >= 0.3 is 8.56 Å². The van der Waals surface area contributed by atoms with Gasteiger partial charge in [-0.2, -0.15) is 0 Å². The molecule has 0 N–H and O–H groups in total. The third-order valence-corrected chi connectivity index (χ3v) is 4.76. The van der Waals surface area contributed by atoms with Gasteiger partial charge in [-0.3, -0.25) is 0 Å². The fraction of sp³-hybridized carbons (Fsp3) is 0.800. The Hall–Kier alpha value is -0.123. The average molecular weight is 202 g/mol. The van der Waals surface area contributed by atoms with E-state index in [-0.39, 0.29) is 0 Å². The molecular weight excluding hydrogens is 180 g/mol. The minimum atomic E-state index is -1.91. The molecule has 0 heterocycles. The van der Waals surface area contributed by atoms with Gasteiger partial charge < -0.3 is 8.85 Å². The Balaban J connectivity index is 3.76. The van der Waals surface area contributed by atoms with Crippen LogP contribution >= 0.6 is 0 Å². The van der Waals surface area contributed by atoms with E-state index in [0.29, 0.717) is 5.92 Å². The van der Waals surface area contributed by atoms with Crippen molar-refractivity contribution >= 4 is 8.56 Å². The van der Waals surface area contributed by atoms with Crippen LogP contribution in [0.4, 0.5) is 0 Å². The number of hydrogen-bond acceptors (Lipinski definition) is 2. The molecule has 0 aliphatic heterocycles. The third kappa shape index (κ3) is 6.02. The van der Waals surface area contributed by atoms with E-state index in [1.807, 2.05) is 6.08 Å². The summed E-state index contributed by atoms with van der Waals surface area (Å²) in [6.45, 7) is 11.0. The number of rotatable bonds is 7. The predicted octanol–water partition coefficient (Wildman–Crippen LogP) is 2.95. The quantitative estimate of drug-likeness (QED) is 0.467. The maximum Gasteiger partial charge on any atom is 0.338 e. The number of allylic oxidation sites excluding steroid dienone is 1. The Labute approximate surface area is 83.2 Å². The highest BCUT2D eigenvalue weighted by molar-refractivity contribution is 6.66. The molecule has 3 heteroatoms. The molecule has 0 aromatic rings. The maximum absolute atomic E-state index is 5.78. The zero-order chi connectivity index (χ0) is 10.3. The summed E-state index contributed by atoms with van der Waals surface area (Å²) in [7, 11) is -0.181. The van der Waals surface area contributed by atoms with Crippen molar-refractivity contribution in [3.8, 4) is 0 Å². The fourth-order valence-electron chi connectivity index (χ4n) is 0.974. The smallest absolute Gasteiger partial charge is 0.338 e. The first-order chi connectivity index (χ1) is 6.04. The highest BCUT2D eigenvalue weighted by atomic mass is 28.4. The topological polar surface area (TPSA) is 18.5 Å². The van der Waals surface area contributed by atoms with Crippen LogP contribution in [0.3, 0.4) is 0 Å². The summed E-state index contributed by atoms with van der Waals surface area (Å²) in [5.74, 6) is 0.693. The van der Waals surface area contributed by atoms with Gasteiger partial charge in [-0.25, -0.2) is 0 Å². The molecule has 0 fully saturated rings. The molecule has 2 nitrogen and oxygen atoms in total. The van der Waals surface area contributed by atoms with Gasteiger partial charge in [0.2, 0.25) is 0 Å². The van der Waals surface area contributed by atoms with Crippen molar-refractivity contribution in [3.05, 3.63) is 12.7 Å². The van der Waals surface area contributed by atoms with Crippen molar-refractivity contribution < 1.29 is 8.85 Å². The van der Waals surface area contributed by atoms with E-state index in [0.717, 1.165) is 19.1 Å². The maximum atomic E-state index is 5.78. The lowest BCUT2D eigenvalue weighted by Gasteiger charge is -2.24. The first kappa shape index (κ1) is 12.9. The Bertz CT molecular complexity index is 148. The van der Waals surface area contributed by atoms with Crippen LogP contribution in [0.5, 0.6) is 0 Å². The van der Waals surface area contributed by atoms with Crippen molar-refractivity contribution in [2.24, 2.45) is 5.92 Å². The lowest BCUT2D eigenvalue weighted by molar-refractivity contribution is 0.196. The second kappa shape index (κ2) is 6.35. The van der Waals surface area contributed by atoms with Crippen LogP contribution in [0.25, 0.3) is 0 Å². The lowest BCUT2D eigenvalue weighted by atomic mass is 10.2. The van der Waals surface area contributed by atoms with Crippen LogP contribution in [0.1, 0.15) is 20.3 Å².